The number of hydrogen-bond acceptors (Lipinski definition) is 5. The van der Waals surface area contributed by atoms with Crippen LogP contribution < -0.4 is 5.32 Å². The summed E-state index contributed by atoms with van der Waals surface area (Å²) in [6, 6.07) is 4.67. The quantitative estimate of drug-likeness (QED) is 0.571. The maximum Gasteiger partial charge on any atom is 0.291 e. The van der Waals surface area contributed by atoms with Crippen LogP contribution in [-0.4, -0.2) is 17.0 Å². The fraction of sp³-hybridized carbons (Fsp3) is 0.250. The Morgan fingerprint density at radius 1 is 1.71 bits per heavy atom. The van der Waals surface area contributed by atoms with Crippen molar-refractivity contribution in [1.29, 1.82) is 5.26 Å². The van der Waals surface area contributed by atoms with Crippen LogP contribution in [0.3, 0.4) is 0 Å². The van der Waals surface area contributed by atoms with Crippen LogP contribution in [0.2, 0.25) is 0 Å². The zero-order chi connectivity index (χ0) is 10.6. The number of aromatic nitrogens is 1. The molecule has 1 N–H and O–H groups in total. The zero-order valence-electron chi connectivity index (χ0n) is 7.52. The molecule has 0 aliphatic heterocycles. The lowest BCUT2D eigenvalue weighted by Crippen LogP contribution is -2.01. The maximum absolute atomic E-state index is 10.5. The van der Waals surface area contributed by atoms with Gasteiger partial charge in [0.15, 0.2) is 0 Å². The smallest absolute Gasteiger partial charge is 0.291 e. The van der Waals surface area contributed by atoms with Gasteiger partial charge in [0.2, 0.25) is 0 Å². The van der Waals surface area contributed by atoms with Crippen LogP contribution in [0, 0.1) is 21.4 Å². The molecular formula is C8H8N4O2. The lowest BCUT2D eigenvalue weighted by Gasteiger charge is -2.01. The first-order valence-corrected chi connectivity index (χ1v) is 3.88. The molecule has 1 heterocycles. The molecule has 0 saturated carbocycles. The van der Waals surface area contributed by atoms with Gasteiger partial charge in [-0.2, -0.15) is 5.26 Å². The van der Waals surface area contributed by atoms with E-state index in [1.807, 2.05) is 6.07 Å². The van der Waals surface area contributed by atoms with Gasteiger partial charge in [0.25, 0.3) is 5.69 Å². The number of nitrogens with zero attached hydrogens (tertiary/aromatic N) is 3. The predicted molar refractivity (Wildman–Crippen MR) is 49.8 cm³/mol. The van der Waals surface area contributed by atoms with Gasteiger partial charge in [0.05, 0.1) is 17.4 Å². The van der Waals surface area contributed by atoms with Crippen molar-refractivity contribution < 1.29 is 4.92 Å². The van der Waals surface area contributed by atoms with E-state index in [1.54, 1.807) is 7.05 Å². The molecule has 0 fully saturated rings. The number of rotatable bonds is 3. The first-order chi connectivity index (χ1) is 6.69. The maximum atomic E-state index is 10.5. The van der Waals surface area contributed by atoms with E-state index in [9.17, 15) is 10.1 Å². The summed E-state index contributed by atoms with van der Waals surface area (Å²) in [5, 5.41) is 21.7. The van der Waals surface area contributed by atoms with Crippen molar-refractivity contribution in [2.45, 2.75) is 6.42 Å². The normalized spacial score (nSPS) is 9.14. The van der Waals surface area contributed by atoms with Crippen molar-refractivity contribution in [3.63, 3.8) is 0 Å². The molecule has 0 saturated heterocycles. The zero-order valence-corrected chi connectivity index (χ0v) is 7.52. The fourth-order valence-electron chi connectivity index (χ4n) is 1.00. The highest BCUT2D eigenvalue weighted by Crippen LogP contribution is 2.18. The van der Waals surface area contributed by atoms with Gasteiger partial charge in [-0.15, -0.1) is 0 Å². The summed E-state index contributed by atoms with van der Waals surface area (Å²) in [6.45, 7) is 0. The Balaban J connectivity index is 3.18. The summed E-state index contributed by atoms with van der Waals surface area (Å²) >= 11 is 0. The van der Waals surface area contributed by atoms with E-state index >= 15 is 0 Å². The molecule has 72 valence electrons. The Hall–Kier alpha value is -2.16. The molecule has 0 aliphatic carbocycles. The summed E-state index contributed by atoms with van der Waals surface area (Å²) < 4.78 is 0. The first-order valence-electron chi connectivity index (χ1n) is 3.88. The standard InChI is InChI=1S/C8H8N4O2/c1-10-8-3-2-7(12(13)14)6(11-8)4-5-9/h2-3H,4H2,1H3,(H,10,11). The van der Waals surface area contributed by atoms with Crippen molar-refractivity contribution in [1.82, 2.24) is 4.98 Å². The largest absolute Gasteiger partial charge is 0.373 e. The Kier molecular flexibility index (Phi) is 2.97. The summed E-state index contributed by atoms with van der Waals surface area (Å²) in [7, 11) is 1.66. The third-order valence-electron chi connectivity index (χ3n) is 1.65. The minimum Gasteiger partial charge on any atom is -0.373 e. The molecule has 0 spiro atoms. The number of anilines is 1. The van der Waals surface area contributed by atoms with E-state index in [1.165, 1.54) is 12.1 Å². The lowest BCUT2D eigenvalue weighted by atomic mass is 10.2. The van der Waals surface area contributed by atoms with Crippen molar-refractivity contribution >= 4 is 11.5 Å². The molecule has 0 unspecified atom stereocenters. The highest BCUT2D eigenvalue weighted by atomic mass is 16.6. The minimum absolute atomic E-state index is 0.0637. The van der Waals surface area contributed by atoms with Crippen LogP contribution in [0.5, 0.6) is 0 Å². The number of nitriles is 1. The van der Waals surface area contributed by atoms with Gasteiger partial charge in [-0.1, -0.05) is 0 Å². The van der Waals surface area contributed by atoms with Crippen molar-refractivity contribution in [3.05, 3.63) is 27.9 Å². The van der Waals surface area contributed by atoms with Crippen LogP contribution in [-0.2, 0) is 6.42 Å². The van der Waals surface area contributed by atoms with Crippen LogP contribution in [0.25, 0.3) is 0 Å². The molecule has 0 aliphatic rings. The van der Waals surface area contributed by atoms with Gasteiger partial charge in [-0.3, -0.25) is 10.1 Å². The van der Waals surface area contributed by atoms with Crippen LogP contribution >= 0.6 is 0 Å². The van der Waals surface area contributed by atoms with Crippen LogP contribution in [0.4, 0.5) is 11.5 Å². The summed E-state index contributed by atoms with van der Waals surface area (Å²) in [5.74, 6) is 0.515. The highest BCUT2D eigenvalue weighted by Gasteiger charge is 2.14. The van der Waals surface area contributed by atoms with E-state index in [-0.39, 0.29) is 17.8 Å². The highest BCUT2D eigenvalue weighted by molar-refractivity contribution is 5.45. The molecular weight excluding hydrogens is 184 g/mol. The molecule has 0 radical (unpaired) electrons. The molecule has 0 amide bonds. The fourth-order valence-corrected chi connectivity index (χ4v) is 1.00. The van der Waals surface area contributed by atoms with E-state index in [0.29, 0.717) is 5.82 Å². The first kappa shape index (κ1) is 9.92. The summed E-state index contributed by atoms with van der Waals surface area (Å²) in [6.07, 6.45) is -0.0637. The second-order valence-electron chi connectivity index (χ2n) is 2.50. The number of hydrogen-bond donors (Lipinski definition) is 1. The Labute approximate surface area is 80.3 Å². The summed E-state index contributed by atoms with van der Waals surface area (Å²) in [4.78, 5) is 13.9. The average molecular weight is 192 g/mol. The summed E-state index contributed by atoms with van der Waals surface area (Å²) in [5.41, 5.74) is 0.0647. The topological polar surface area (TPSA) is 91.9 Å². The molecule has 0 bridgehead atoms. The molecule has 6 nitrogen and oxygen atoms in total. The predicted octanol–water partition coefficient (Wildman–Crippen LogP) is 1.10. The van der Waals surface area contributed by atoms with E-state index < -0.39 is 4.92 Å². The van der Waals surface area contributed by atoms with Crippen molar-refractivity contribution in [3.8, 4) is 6.07 Å². The molecule has 6 heteroatoms. The monoisotopic (exact) mass is 192 g/mol. The van der Waals surface area contributed by atoms with Crippen molar-refractivity contribution in [2.24, 2.45) is 0 Å². The molecule has 1 aromatic heterocycles. The second kappa shape index (κ2) is 4.18. The van der Waals surface area contributed by atoms with Crippen molar-refractivity contribution in [2.75, 3.05) is 12.4 Å². The lowest BCUT2D eigenvalue weighted by molar-refractivity contribution is -0.385. The molecule has 1 rings (SSSR count). The Bertz CT molecular complexity index is 397. The number of nitrogens with one attached hydrogen (secondary N) is 1. The van der Waals surface area contributed by atoms with Gasteiger partial charge in [0.1, 0.15) is 11.5 Å². The van der Waals surface area contributed by atoms with Gasteiger partial charge in [-0.05, 0) is 6.07 Å². The number of pyridine rings is 1. The van der Waals surface area contributed by atoms with Crippen LogP contribution in [0.1, 0.15) is 5.69 Å². The average Bonchev–Trinajstić information content (AvgIpc) is 2.17. The minimum atomic E-state index is -0.543. The van der Waals surface area contributed by atoms with Gasteiger partial charge < -0.3 is 5.32 Å². The van der Waals surface area contributed by atoms with Gasteiger partial charge >= 0.3 is 0 Å². The van der Waals surface area contributed by atoms with E-state index in [0.717, 1.165) is 0 Å². The SMILES string of the molecule is CNc1ccc([N+](=O)[O-])c(CC#N)n1. The number of nitro groups is 1. The molecule has 14 heavy (non-hydrogen) atoms. The molecule has 0 aromatic carbocycles. The third-order valence-corrected chi connectivity index (χ3v) is 1.65. The second-order valence-corrected chi connectivity index (χ2v) is 2.50. The molecule has 0 atom stereocenters. The van der Waals surface area contributed by atoms with E-state index in [2.05, 4.69) is 10.3 Å². The van der Waals surface area contributed by atoms with Crippen LogP contribution in [0.15, 0.2) is 12.1 Å². The molecule has 1 aromatic rings. The Morgan fingerprint density at radius 3 is 2.93 bits per heavy atom. The third kappa shape index (κ3) is 1.95. The Morgan fingerprint density at radius 2 is 2.43 bits per heavy atom. The van der Waals surface area contributed by atoms with Gasteiger partial charge in [0, 0.05) is 13.1 Å². The van der Waals surface area contributed by atoms with Gasteiger partial charge in [-0.25, -0.2) is 4.98 Å². The van der Waals surface area contributed by atoms with E-state index in [4.69, 9.17) is 5.26 Å².